The first-order valence-electron chi connectivity index (χ1n) is 39.4. The summed E-state index contributed by atoms with van der Waals surface area (Å²) in [7, 11) is -0.602. The summed E-state index contributed by atoms with van der Waals surface area (Å²) < 4.78 is 62.3. The van der Waals surface area contributed by atoms with Gasteiger partial charge in [0.2, 0.25) is 0 Å². The van der Waals surface area contributed by atoms with Gasteiger partial charge in [-0.2, -0.15) is 0 Å². The van der Waals surface area contributed by atoms with Crippen LogP contribution < -0.4 is 18.9 Å². The van der Waals surface area contributed by atoms with E-state index in [0.717, 1.165) is 23.0 Å². The highest BCUT2D eigenvalue weighted by molar-refractivity contribution is 9.10. The molecule has 0 bridgehead atoms. The third kappa shape index (κ3) is 31.0. The highest BCUT2D eigenvalue weighted by atomic mass is 79.9. The summed E-state index contributed by atoms with van der Waals surface area (Å²) in [4.78, 5) is 56.9. The Labute approximate surface area is 754 Å². The molecule has 0 aliphatic rings. The Morgan fingerprint density at radius 2 is 0.430 bits per heavy atom. The number of esters is 4. The highest BCUT2D eigenvalue weighted by Gasteiger charge is 2.32. The van der Waals surface area contributed by atoms with Gasteiger partial charge in [-0.3, -0.25) is 19.2 Å². The highest BCUT2D eigenvalue weighted by Crippen LogP contribution is 2.48. The Morgan fingerprint density at radius 1 is 0.240 bits per heavy atom. The second-order valence-electron chi connectivity index (χ2n) is 26.3. The summed E-state index contributed by atoms with van der Waals surface area (Å²) in [5.41, 5.74) is 0. The van der Waals surface area contributed by atoms with Gasteiger partial charge in [-0.1, -0.05) is 197 Å². The van der Waals surface area contributed by atoms with Gasteiger partial charge in [0.1, 0.15) is 95.2 Å². The molecule has 628 valence electrons. The van der Waals surface area contributed by atoms with E-state index in [1.165, 1.54) is 69.1 Å². The molecular weight excluding hydrogens is 1860 g/mol. The minimum Gasteiger partial charge on any atom is -0.491 e. The fourth-order valence-corrected chi connectivity index (χ4v) is 20.8. The van der Waals surface area contributed by atoms with Gasteiger partial charge in [0.25, 0.3) is 0 Å². The minimum absolute atomic E-state index is 0.0977. The van der Waals surface area contributed by atoms with Gasteiger partial charge in [-0.25, -0.2) is 0 Å². The number of carbonyl (C=O) groups is 4. The fourth-order valence-electron chi connectivity index (χ4n) is 11.7. The molecular formula is C98H98Br4O15S4+4. The van der Waals surface area contributed by atoms with Crippen LogP contribution in [0, 0.1) is 0 Å². The van der Waals surface area contributed by atoms with E-state index in [4.69, 9.17) is 52.1 Å². The number of carbonyl (C=O) groups excluding carboxylic acids is 4. The molecule has 12 aromatic carbocycles. The Balaban J connectivity index is 0.000000170. The number of ether oxygens (including phenoxy) is 11. The zero-order chi connectivity index (χ0) is 85.2. The van der Waals surface area contributed by atoms with Crippen LogP contribution >= 0.6 is 74.2 Å². The second-order valence-corrected chi connectivity index (χ2v) is 39.9. The van der Waals surface area contributed by atoms with Gasteiger partial charge in [0, 0.05) is 33.4 Å². The van der Waals surface area contributed by atoms with E-state index in [1.807, 2.05) is 84.9 Å². The molecule has 0 saturated carbocycles. The van der Waals surface area contributed by atoms with Crippen molar-refractivity contribution in [2.45, 2.75) is 91.1 Å². The number of rotatable bonds is 39. The molecule has 1 heterocycles. The third-order valence-electron chi connectivity index (χ3n) is 17.4. The van der Waals surface area contributed by atoms with Crippen molar-refractivity contribution < 1.29 is 71.3 Å². The maximum absolute atomic E-state index is 11.4. The molecule has 13 rings (SSSR count). The minimum atomic E-state index is -0.305. The Bertz CT molecular complexity index is 5000. The molecule has 0 aliphatic carbocycles. The quantitative estimate of drug-likeness (QED) is 0.0117. The number of halogens is 4. The number of thiophene rings is 1. The average Bonchev–Trinajstić information content (AvgIpc) is 1.60. The van der Waals surface area contributed by atoms with Crippen LogP contribution in [0.2, 0.25) is 0 Å². The molecule has 23 heteroatoms. The second kappa shape index (κ2) is 52.3. The first-order valence-corrected chi connectivity index (χ1v) is 48.0. The van der Waals surface area contributed by atoms with Gasteiger partial charge in [-0.15, -0.1) is 0 Å². The zero-order valence-corrected chi connectivity index (χ0v) is 77.3. The first kappa shape index (κ1) is 94.0. The molecule has 0 aliphatic heterocycles. The van der Waals surface area contributed by atoms with E-state index in [0.29, 0.717) is 66.1 Å². The van der Waals surface area contributed by atoms with Crippen molar-refractivity contribution in [3.05, 3.63) is 328 Å². The fraction of sp³-hybridized carbons (Fsp3) is 0.224. The van der Waals surface area contributed by atoms with Crippen molar-refractivity contribution >= 4 is 151 Å². The number of fused-ring (bicyclic) bond motifs is 3. The van der Waals surface area contributed by atoms with Gasteiger partial charge in [-0.05, 0) is 210 Å². The van der Waals surface area contributed by atoms with Crippen LogP contribution in [-0.4, -0.2) is 136 Å². The largest absolute Gasteiger partial charge is 0.491 e. The number of alkyl halides is 4. The van der Waals surface area contributed by atoms with Crippen LogP contribution in [0.3, 0.4) is 0 Å². The van der Waals surface area contributed by atoms with Crippen molar-refractivity contribution in [1.82, 2.24) is 0 Å². The van der Waals surface area contributed by atoms with Gasteiger partial charge in [0.05, 0.1) is 72.3 Å². The molecule has 0 amide bonds. The summed E-state index contributed by atoms with van der Waals surface area (Å²) in [6.07, 6.45) is 0. The molecule has 0 fully saturated rings. The van der Waals surface area contributed by atoms with Gasteiger partial charge >= 0.3 is 23.9 Å². The van der Waals surface area contributed by atoms with E-state index in [-0.39, 0.29) is 113 Å². The summed E-state index contributed by atoms with van der Waals surface area (Å²) in [6.45, 7) is 11.9. The van der Waals surface area contributed by atoms with Crippen LogP contribution in [0.5, 0.6) is 23.0 Å². The number of benzene rings is 12. The van der Waals surface area contributed by atoms with Crippen LogP contribution in [0.1, 0.15) is 27.7 Å². The molecule has 4 atom stereocenters. The van der Waals surface area contributed by atoms with E-state index in [2.05, 4.69) is 306 Å². The lowest BCUT2D eigenvalue weighted by Gasteiger charge is -2.10. The van der Waals surface area contributed by atoms with Crippen molar-refractivity contribution in [3.63, 3.8) is 0 Å². The summed E-state index contributed by atoms with van der Waals surface area (Å²) >= 11 is 12.7. The van der Waals surface area contributed by atoms with Crippen LogP contribution in [0.4, 0.5) is 0 Å². The molecule has 1 aromatic heterocycles. The predicted molar refractivity (Wildman–Crippen MR) is 502 cm³/mol. The average molecular weight is 1960 g/mol. The van der Waals surface area contributed by atoms with Crippen molar-refractivity contribution in [1.29, 1.82) is 0 Å². The number of hydrogen-bond donors (Lipinski definition) is 0. The Kier molecular flexibility index (Phi) is 40.7. The normalized spacial score (nSPS) is 11.9. The molecule has 121 heavy (non-hydrogen) atoms. The third-order valence-corrected chi connectivity index (χ3v) is 27.9. The lowest BCUT2D eigenvalue weighted by molar-refractivity contribution is -0.145. The monoisotopic (exact) mass is 1960 g/mol. The van der Waals surface area contributed by atoms with E-state index in [9.17, 15) is 19.2 Å². The smallest absolute Gasteiger partial charge is 0.319 e. The molecule has 0 saturated heterocycles. The standard InChI is InChI=1S/C27H30BrO5S.C25H26BrO4S.C23H20BrO3S.C23H22BrO3S/c1-22(28)27(29)33-21-19-31-17-16-30-18-20-32-23-12-14-26(15-13-23)34(24-8-4-2-5-9-24)25-10-6-3-7-11-25;1-20(26)25(27)30-19-17-28-16-18-29-21-12-14-24(15-13-21)31(22-8-4-2-5-9-22)23-10-6-3-7-11-23;1-16(24)23(25)27-15-14-26-17-10-12-18(13-11-17)28-21-8-4-2-6-19(21)20-7-3-5-9-22(20)28;1-18(24)23(25)27-17-16-26-19-12-14-22(15-13-19)28(20-8-4-2-5-9-20)21-10-6-3-7-11-21/h2-15,22H,16-21H2,1H3;2-15,20H,16-19H2,1H3;2-13,16H,14-15H2,1H3;2-15,18H,16-17H2,1H3/q4*+1. The maximum atomic E-state index is 11.4. The van der Waals surface area contributed by atoms with E-state index >= 15 is 0 Å². The molecule has 0 radical (unpaired) electrons. The number of hydrogen-bond acceptors (Lipinski definition) is 15. The lowest BCUT2D eigenvalue weighted by atomic mass is 10.2. The Hall–Kier alpha value is -9.21. The van der Waals surface area contributed by atoms with Crippen LogP contribution in [-0.2, 0) is 85.0 Å². The van der Waals surface area contributed by atoms with Gasteiger partial charge in [0.15, 0.2) is 58.4 Å². The van der Waals surface area contributed by atoms with Crippen molar-refractivity contribution in [2.24, 2.45) is 0 Å². The van der Waals surface area contributed by atoms with E-state index < -0.39 is 0 Å². The Morgan fingerprint density at radius 3 is 0.678 bits per heavy atom. The summed E-state index contributed by atoms with van der Waals surface area (Å²) in [6, 6.07) is 113. The zero-order valence-electron chi connectivity index (χ0n) is 67.7. The molecule has 0 N–H and O–H groups in total. The maximum Gasteiger partial charge on any atom is 0.319 e. The summed E-state index contributed by atoms with van der Waals surface area (Å²) in [5, 5.41) is 2.65. The first-order chi connectivity index (χ1) is 59.1. The van der Waals surface area contributed by atoms with Crippen LogP contribution in [0.15, 0.2) is 372 Å². The summed E-state index contributed by atoms with van der Waals surface area (Å²) in [5.74, 6) is 2.01. The topological polar surface area (TPSA) is 170 Å². The molecule has 13 aromatic rings. The van der Waals surface area contributed by atoms with Crippen molar-refractivity contribution in [2.75, 3.05) is 92.5 Å². The van der Waals surface area contributed by atoms with E-state index in [1.54, 1.807) is 27.7 Å². The SMILES string of the molecule is CC(Br)C(=O)OCCOCCOCCOc1ccc([S+](c2ccccc2)c2ccccc2)cc1.CC(Br)C(=O)OCCOCCOc1ccc([S+](c2ccccc2)c2ccccc2)cc1.CC(Br)C(=O)OCCOc1ccc(-[s+]2c3ccccc3c3ccccc32)cc1.CC(Br)C(=O)OCCOc1ccc([S+](c2ccccc2)c2ccccc2)cc1. The molecule has 15 nitrogen and oxygen atoms in total. The predicted octanol–water partition coefficient (Wildman–Crippen LogP) is 22.9. The molecule has 4 unspecified atom stereocenters. The van der Waals surface area contributed by atoms with Crippen LogP contribution in [0.25, 0.3) is 25.1 Å². The van der Waals surface area contributed by atoms with Crippen molar-refractivity contribution in [3.8, 4) is 27.9 Å². The lowest BCUT2D eigenvalue weighted by Crippen LogP contribution is -2.18. The molecule has 0 spiro atoms. The van der Waals surface area contributed by atoms with Gasteiger partial charge < -0.3 is 52.1 Å².